The van der Waals surface area contributed by atoms with Gasteiger partial charge < -0.3 is 21.4 Å². The van der Waals surface area contributed by atoms with Gasteiger partial charge in [0.15, 0.2) is 0 Å². The molecule has 0 heterocycles. The largest absolute Gasteiger partial charge is 0.389 e. The van der Waals surface area contributed by atoms with E-state index in [0.29, 0.717) is 11.3 Å². The van der Waals surface area contributed by atoms with Gasteiger partial charge in [-0.2, -0.15) is 0 Å². The molecule has 5 nitrogen and oxygen atoms in total. The van der Waals surface area contributed by atoms with Crippen LogP contribution in [0.2, 0.25) is 0 Å². The summed E-state index contributed by atoms with van der Waals surface area (Å²) in [6.45, 7) is 0.0153. The van der Waals surface area contributed by atoms with Crippen LogP contribution in [0.15, 0.2) is 24.3 Å². The van der Waals surface area contributed by atoms with Gasteiger partial charge in [0.05, 0.1) is 6.10 Å². The van der Waals surface area contributed by atoms with E-state index in [1.165, 1.54) is 0 Å². The highest BCUT2D eigenvalue weighted by molar-refractivity contribution is 5.45. The molecule has 0 amide bonds. The van der Waals surface area contributed by atoms with Gasteiger partial charge in [-0.25, -0.2) is 0 Å². The molecule has 7 N–H and O–H groups in total. The van der Waals surface area contributed by atoms with Crippen molar-refractivity contribution in [2.24, 2.45) is 11.6 Å². The van der Waals surface area contributed by atoms with Crippen molar-refractivity contribution in [3.05, 3.63) is 29.8 Å². The van der Waals surface area contributed by atoms with Crippen LogP contribution in [0.25, 0.3) is 0 Å². The van der Waals surface area contributed by atoms with Crippen molar-refractivity contribution in [1.82, 2.24) is 0 Å². The third-order valence-corrected chi connectivity index (χ3v) is 2.00. The van der Waals surface area contributed by atoms with Gasteiger partial charge in [0.2, 0.25) is 0 Å². The average Bonchev–Trinajstić information content (AvgIpc) is 2.27. The zero-order valence-electron chi connectivity index (χ0n) is 7.72. The first-order valence-electron chi connectivity index (χ1n) is 4.31. The first-order chi connectivity index (χ1) is 6.69. The molecule has 1 aromatic rings. The number of nitrogens with two attached hydrogens (primary N) is 2. The van der Waals surface area contributed by atoms with E-state index in [1.807, 2.05) is 0 Å². The van der Waals surface area contributed by atoms with Crippen molar-refractivity contribution in [2.45, 2.75) is 12.2 Å². The van der Waals surface area contributed by atoms with Crippen LogP contribution in [0.5, 0.6) is 0 Å². The number of hydrazine groups is 1. The molecule has 1 rings (SSSR count). The predicted octanol–water partition coefficient (Wildman–Crippen LogP) is -0.675. The fourth-order valence-corrected chi connectivity index (χ4v) is 1.16. The summed E-state index contributed by atoms with van der Waals surface area (Å²) in [4.78, 5) is 0. The lowest BCUT2D eigenvalue weighted by atomic mass is 10.0. The number of benzene rings is 1. The van der Waals surface area contributed by atoms with Crippen molar-refractivity contribution in [3.63, 3.8) is 0 Å². The molecule has 0 saturated carbocycles. The zero-order valence-corrected chi connectivity index (χ0v) is 7.72. The highest BCUT2D eigenvalue weighted by Crippen LogP contribution is 2.19. The van der Waals surface area contributed by atoms with Gasteiger partial charge in [-0.05, 0) is 17.7 Å². The normalized spacial score (nSPS) is 14.9. The fourth-order valence-electron chi connectivity index (χ4n) is 1.16. The Morgan fingerprint density at radius 1 is 1.36 bits per heavy atom. The lowest BCUT2D eigenvalue weighted by Gasteiger charge is -2.16. The lowest BCUT2D eigenvalue weighted by Crippen LogP contribution is -2.27. The van der Waals surface area contributed by atoms with Gasteiger partial charge >= 0.3 is 0 Å². The molecule has 0 fully saturated rings. The Hall–Kier alpha value is -1.14. The van der Waals surface area contributed by atoms with E-state index in [-0.39, 0.29) is 6.54 Å². The van der Waals surface area contributed by atoms with Gasteiger partial charge in [-0.1, -0.05) is 12.1 Å². The Morgan fingerprint density at radius 2 is 2.07 bits per heavy atom. The smallest absolute Gasteiger partial charge is 0.106 e. The van der Waals surface area contributed by atoms with E-state index in [9.17, 15) is 10.2 Å². The topological polar surface area (TPSA) is 105 Å². The van der Waals surface area contributed by atoms with E-state index in [4.69, 9.17) is 11.6 Å². The van der Waals surface area contributed by atoms with Crippen LogP contribution in [0, 0.1) is 0 Å². The van der Waals surface area contributed by atoms with Crippen LogP contribution in [0.3, 0.4) is 0 Å². The maximum atomic E-state index is 9.61. The summed E-state index contributed by atoms with van der Waals surface area (Å²) >= 11 is 0. The molecule has 0 spiro atoms. The summed E-state index contributed by atoms with van der Waals surface area (Å²) in [5.74, 6) is 5.21. The highest BCUT2D eigenvalue weighted by Gasteiger charge is 2.16. The van der Waals surface area contributed by atoms with E-state index < -0.39 is 12.2 Å². The molecule has 0 aliphatic carbocycles. The number of hydrogen-bond acceptors (Lipinski definition) is 5. The standard InChI is InChI=1S/C9H15N3O2/c10-5-8(13)9(14)6-2-1-3-7(4-6)12-11/h1-4,8-9,12-14H,5,10-11H2. The van der Waals surface area contributed by atoms with Crippen LogP contribution >= 0.6 is 0 Å². The molecule has 1 aromatic carbocycles. The maximum absolute atomic E-state index is 9.61. The second-order valence-electron chi connectivity index (χ2n) is 3.02. The molecule has 0 radical (unpaired) electrons. The Labute approximate surface area is 82.3 Å². The summed E-state index contributed by atoms with van der Waals surface area (Å²) in [6, 6.07) is 6.84. The molecule has 5 heteroatoms. The fraction of sp³-hybridized carbons (Fsp3) is 0.333. The molecule has 2 unspecified atom stereocenters. The lowest BCUT2D eigenvalue weighted by molar-refractivity contribution is 0.0244. The molecular formula is C9H15N3O2. The average molecular weight is 197 g/mol. The van der Waals surface area contributed by atoms with E-state index in [0.717, 1.165) is 0 Å². The van der Waals surface area contributed by atoms with Crippen LogP contribution < -0.4 is 17.0 Å². The summed E-state index contributed by atoms with van der Waals surface area (Å²) in [5, 5.41) is 18.9. The van der Waals surface area contributed by atoms with Gasteiger partial charge in [-0.3, -0.25) is 5.84 Å². The van der Waals surface area contributed by atoms with E-state index >= 15 is 0 Å². The zero-order chi connectivity index (χ0) is 10.6. The number of anilines is 1. The Bertz CT molecular complexity index is 293. The summed E-state index contributed by atoms with van der Waals surface area (Å²) in [5.41, 5.74) is 8.94. The third-order valence-electron chi connectivity index (χ3n) is 2.00. The number of nitrogen functional groups attached to an aromatic ring is 1. The molecule has 0 aliphatic heterocycles. The second kappa shape index (κ2) is 4.92. The molecule has 14 heavy (non-hydrogen) atoms. The minimum atomic E-state index is -0.978. The Morgan fingerprint density at radius 3 is 2.64 bits per heavy atom. The maximum Gasteiger partial charge on any atom is 0.106 e. The third kappa shape index (κ3) is 2.43. The predicted molar refractivity (Wildman–Crippen MR) is 54.3 cm³/mol. The van der Waals surface area contributed by atoms with Crippen molar-refractivity contribution < 1.29 is 10.2 Å². The van der Waals surface area contributed by atoms with Gasteiger partial charge in [0.1, 0.15) is 6.10 Å². The summed E-state index contributed by atoms with van der Waals surface area (Å²) < 4.78 is 0. The number of aliphatic hydroxyl groups is 2. The first-order valence-corrected chi connectivity index (χ1v) is 4.31. The Balaban J connectivity index is 2.83. The molecular weight excluding hydrogens is 182 g/mol. The van der Waals surface area contributed by atoms with Crippen molar-refractivity contribution >= 4 is 5.69 Å². The van der Waals surface area contributed by atoms with E-state index in [1.54, 1.807) is 24.3 Å². The van der Waals surface area contributed by atoms with Gasteiger partial charge in [0, 0.05) is 12.2 Å². The minimum absolute atomic E-state index is 0.0153. The Kier molecular flexibility index (Phi) is 3.84. The minimum Gasteiger partial charge on any atom is -0.389 e. The van der Waals surface area contributed by atoms with Gasteiger partial charge in [-0.15, -0.1) is 0 Å². The van der Waals surface area contributed by atoms with Gasteiger partial charge in [0.25, 0.3) is 0 Å². The molecule has 2 atom stereocenters. The summed E-state index contributed by atoms with van der Waals surface area (Å²) in [6.07, 6.45) is -1.93. The van der Waals surface area contributed by atoms with E-state index in [2.05, 4.69) is 5.43 Å². The van der Waals surface area contributed by atoms with Crippen molar-refractivity contribution in [3.8, 4) is 0 Å². The quantitative estimate of drug-likeness (QED) is 0.325. The first kappa shape index (κ1) is 10.9. The second-order valence-corrected chi connectivity index (χ2v) is 3.02. The number of aliphatic hydroxyl groups excluding tert-OH is 2. The van der Waals surface area contributed by atoms with Crippen LogP contribution in [0.4, 0.5) is 5.69 Å². The molecule has 78 valence electrons. The monoisotopic (exact) mass is 197 g/mol. The molecule has 0 aromatic heterocycles. The molecule has 0 aliphatic rings. The summed E-state index contributed by atoms with van der Waals surface area (Å²) in [7, 11) is 0. The highest BCUT2D eigenvalue weighted by atomic mass is 16.3. The number of hydrogen-bond donors (Lipinski definition) is 5. The number of rotatable bonds is 4. The number of nitrogens with one attached hydrogen (secondary N) is 1. The van der Waals surface area contributed by atoms with Crippen LogP contribution in [-0.4, -0.2) is 22.9 Å². The molecule has 0 saturated heterocycles. The van der Waals surface area contributed by atoms with Crippen molar-refractivity contribution in [1.29, 1.82) is 0 Å². The van der Waals surface area contributed by atoms with Crippen LogP contribution in [0.1, 0.15) is 11.7 Å². The SMILES string of the molecule is NCC(O)C(O)c1cccc(NN)c1. The van der Waals surface area contributed by atoms with Crippen molar-refractivity contribution in [2.75, 3.05) is 12.0 Å². The molecule has 0 bridgehead atoms. The van der Waals surface area contributed by atoms with Crippen LogP contribution in [-0.2, 0) is 0 Å².